The monoisotopic (exact) mass is 358 g/mol. The maximum atomic E-state index is 12.7. The maximum absolute atomic E-state index is 12.7. The van der Waals surface area contributed by atoms with Crippen LogP contribution in [0.4, 0.5) is 11.5 Å². The van der Waals surface area contributed by atoms with Gasteiger partial charge in [0.2, 0.25) is 5.91 Å². The third-order valence-electron chi connectivity index (χ3n) is 3.48. The highest BCUT2D eigenvalue weighted by Crippen LogP contribution is 2.27. The van der Waals surface area contributed by atoms with E-state index >= 15 is 0 Å². The SMILES string of the molecule is CC(C)N(C(=O)CSc1nc(N)c2ccsc2n1)c1ccccc1. The molecule has 0 fully saturated rings. The summed E-state index contributed by atoms with van der Waals surface area (Å²) in [6.45, 7) is 4.00. The lowest BCUT2D eigenvalue weighted by molar-refractivity contribution is -0.116. The van der Waals surface area contributed by atoms with Crippen LogP contribution in [0.1, 0.15) is 13.8 Å². The Morgan fingerprint density at radius 1 is 1.25 bits per heavy atom. The van der Waals surface area contributed by atoms with Crippen LogP contribution in [0.15, 0.2) is 46.9 Å². The van der Waals surface area contributed by atoms with Gasteiger partial charge in [0.25, 0.3) is 0 Å². The van der Waals surface area contributed by atoms with E-state index < -0.39 is 0 Å². The first-order valence-corrected chi connectivity index (χ1v) is 9.43. The second-order valence-electron chi connectivity index (χ2n) is 5.51. The lowest BCUT2D eigenvalue weighted by atomic mass is 10.2. The molecule has 2 N–H and O–H groups in total. The Labute approximate surface area is 148 Å². The number of hydrogen-bond donors (Lipinski definition) is 1. The van der Waals surface area contributed by atoms with Crippen molar-refractivity contribution in [2.24, 2.45) is 0 Å². The van der Waals surface area contributed by atoms with Crippen molar-refractivity contribution in [2.75, 3.05) is 16.4 Å². The first-order valence-electron chi connectivity index (χ1n) is 7.57. The van der Waals surface area contributed by atoms with Crippen LogP contribution in [0.5, 0.6) is 0 Å². The average Bonchev–Trinajstić information content (AvgIpc) is 3.03. The number of hydrogen-bond acceptors (Lipinski definition) is 6. The Hall–Kier alpha value is -2.12. The number of anilines is 2. The summed E-state index contributed by atoms with van der Waals surface area (Å²) in [4.78, 5) is 24.1. The average molecular weight is 358 g/mol. The first-order chi connectivity index (χ1) is 11.6. The van der Waals surface area contributed by atoms with Gasteiger partial charge in [-0.15, -0.1) is 11.3 Å². The molecule has 3 aromatic rings. The number of nitrogens with two attached hydrogens (primary N) is 1. The van der Waals surface area contributed by atoms with Crippen LogP contribution >= 0.6 is 23.1 Å². The molecule has 0 spiro atoms. The standard InChI is InChI=1S/C17H18N4OS2/c1-11(2)21(12-6-4-3-5-7-12)14(22)10-24-17-19-15(18)13-8-9-23-16(13)20-17/h3-9,11H,10H2,1-2H3,(H2,18,19,20). The number of nitrogen functional groups attached to an aromatic ring is 1. The fourth-order valence-corrected chi connectivity index (χ4v) is 3.98. The number of rotatable bonds is 5. The van der Waals surface area contributed by atoms with Gasteiger partial charge in [0.1, 0.15) is 10.6 Å². The fourth-order valence-electron chi connectivity index (χ4n) is 2.44. The molecule has 0 bridgehead atoms. The number of amides is 1. The van der Waals surface area contributed by atoms with Crippen LogP contribution in [-0.4, -0.2) is 27.7 Å². The second kappa shape index (κ2) is 7.19. The number of aromatic nitrogens is 2. The highest BCUT2D eigenvalue weighted by molar-refractivity contribution is 7.99. The zero-order chi connectivity index (χ0) is 17.1. The molecule has 24 heavy (non-hydrogen) atoms. The van der Waals surface area contributed by atoms with Gasteiger partial charge in [-0.1, -0.05) is 30.0 Å². The molecule has 0 saturated carbocycles. The molecule has 0 radical (unpaired) electrons. The number of fused-ring (bicyclic) bond motifs is 1. The van der Waals surface area contributed by atoms with Crippen molar-refractivity contribution >= 4 is 50.7 Å². The summed E-state index contributed by atoms with van der Waals surface area (Å²) in [6, 6.07) is 11.7. The van der Waals surface area contributed by atoms with E-state index in [1.165, 1.54) is 23.1 Å². The largest absolute Gasteiger partial charge is 0.383 e. The summed E-state index contributed by atoms with van der Waals surface area (Å²) < 4.78 is 0. The van der Waals surface area contributed by atoms with Crippen molar-refractivity contribution in [2.45, 2.75) is 25.0 Å². The maximum Gasteiger partial charge on any atom is 0.237 e. The lowest BCUT2D eigenvalue weighted by Crippen LogP contribution is -2.38. The normalized spacial score (nSPS) is 11.1. The van der Waals surface area contributed by atoms with Gasteiger partial charge in [0, 0.05) is 11.7 Å². The van der Waals surface area contributed by atoms with Crippen LogP contribution in [0.2, 0.25) is 0 Å². The Morgan fingerprint density at radius 3 is 2.71 bits per heavy atom. The molecule has 1 amide bonds. The van der Waals surface area contributed by atoms with Crippen molar-refractivity contribution in [1.82, 2.24) is 9.97 Å². The Morgan fingerprint density at radius 2 is 2.00 bits per heavy atom. The molecule has 0 unspecified atom stereocenters. The zero-order valence-electron chi connectivity index (χ0n) is 13.5. The first kappa shape index (κ1) is 16.7. The number of thioether (sulfide) groups is 1. The van der Waals surface area contributed by atoms with E-state index in [9.17, 15) is 4.79 Å². The molecular formula is C17H18N4OS2. The fraction of sp³-hybridized carbons (Fsp3) is 0.235. The summed E-state index contributed by atoms with van der Waals surface area (Å²) in [5.41, 5.74) is 6.85. The van der Waals surface area contributed by atoms with Crippen molar-refractivity contribution in [1.29, 1.82) is 0 Å². The number of para-hydroxylation sites is 1. The van der Waals surface area contributed by atoms with Crippen LogP contribution in [0, 0.1) is 0 Å². The minimum Gasteiger partial charge on any atom is -0.383 e. The van der Waals surface area contributed by atoms with E-state index in [-0.39, 0.29) is 17.7 Å². The van der Waals surface area contributed by atoms with Gasteiger partial charge < -0.3 is 10.6 Å². The molecule has 0 saturated heterocycles. The van der Waals surface area contributed by atoms with Gasteiger partial charge in [-0.3, -0.25) is 4.79 Å². The third-order valence-corrected chi connectivity index (χ3v) is 5.12. The van der Waals surface area contributed by atoms with Gasteiger partial charge in [0.15, 0.2) is 5.16 Å². The van der Waals surface area contributed by atoms with E-state index in [0.29, 0.717) is 11.0 Å². The van der Waals surface area contributed by atoms with Gasteiger partial charge in [-0.25, -0.2) is 9.97 Å². The summed E-state index contributed by atoms with van der Waals surface area (Å²) in [6.07, 6.45) is 0. The topological polar surface area (TPSA) is 72.1 Å². The van der Waals surface area contributed by atoms with E-state index in [2.05, 4.69) is 9.97 Å². The third kappa shape index (κ3) is 3.52. The van der Waals surface area contributed by atoms with E-state index in [4.69, 9.17) is 5.73 Å². The van der Waals surface area contributed by atoms with Crippen molar-refractivity contribution in [3.8, 4) is 0 Å². The highest BCUT2D eigenvalue weighted by atomic mass is 32.2. The van der Waals surface area contributed by atoms with Gasteiger partial charge >= 0.3 is 0 Å². The molecule has 7 heteroatoms. The van der Waals surface area contributed by atoms with Crippen molar-refractivity contribution in [3.05, 3.63) is 41.8 Å². The van der Waals surface area contributed by atoms with E-state index in [0.717, 1.165) is 15.9 Å². The molecule has 0 aliphatic rings. The number of carbonyl (C=O) groups is 1. The zero-order valence-corrected chi connectivity index (χ0v) is 15.1. The summed E-state index contributed by atoms with van der Waals surface area (Å²) >= 11 is 2.83. The molecule has 0 aliphatic carbocycles. The predicted molar refractivity (Wildman–Crippen MR) is 102 cm³/mol. The number of carbonyl (C=O) groups excluding carboxylic acids is 1. The highest BCUT2D eigenvalue weighted by Gasteiger charge is 2.19. The summed E-state index contributed by atoms with van der Waals surface area (Å²) in [7, 11) is 0. The Kier molecular flexibility index (Phi) is 5.01. The van der Waals surface area contributed by atoms with Crippen LogP contribution in [0.3, 0.4) is 0 Å². The van der Waals surface area contributed by atoms with Gasteiger partial charge in [0.05, 0.1) is 11.1 Å². The van der Waals surface area contributed by atoms with Crippen LogP contribution in [-0.2, 0) is 4.79 Å². The molecular weight excluding hydrogens is 340 g/mol. The molecule has 0 aliphatic heterocycles. The predicted octanol–water partition coefficient (Wildman–Crippen LogP) is 3.81. The van der Waals surface area contributed by atoms with Gasteiger partial charge in [-0.05, 0) is 37.4 Å². The molecule has 2 aromatic heterocycles. The quantitative estimate of drug-likeness (QED) is 0.555. The number of thiophene rings is 1. The van der Waals surface area contributed by atoms with E-state index in [1.807, 2.05) is 55.6 Å². The van der Waals surface area contributed by atoms with Crippen LogP contribution < -0.4 is 10.6 Å². The lowest BCUT2D eigenvalue weighted by Gasteiger charge is -2.26. The Bertz CT molecular complexity index is 848. The van der Waals surface area contributed by atoms with Crippen LogP contribution in [0.25, 0.3) is 10.2 Å². The molecule has 5 nitrogen and oxygen atoms in total. The number of nitrogens with zero attached hydrogens (tertiary/aromatic N) is 3. The Balaban J connectivity index is 1.75. The summed E-state index contributed by atoms with van der Waals surface area (Å²) in [5.74, 6) is 0.748. The number of benzene rings is 1. The van der Waals surface area contributed by atoms with Gasteiger partial charge in [-0.2, -0.15) is 0 Å². The minimum atomic E-state index is 0.0228. The van der Waals surface area contributed by atoms with Crippen molar-refractivity contribution in [3.63, 3.8) is 0 Å². The molecule has 124 valence electrons. The smallest absolute Gasteiger partial charge is 0.237 e. The molecule has 1 aromatic carbocycles. The van der Waals surface area contributed by atoms with Crippen molar-refractivity contribution < 1.29 is 4.79 Å². The minimum absolute atomic E-state index is 0.0228. The summed E-state index contributed by atoms with van der Waals surface area (Å²) in [5, 5.41) is 3.34. The van der Waals surface area contributed by atoms with E-state index in [1.54, 1.807) is 4.90 Å². The molecule has 0 atom stereocenters. The molecule has 3 rings (SSSR count). The molecule has 2 heterocycles. The second-order valence-corrected chi connectivity index (χ2v) is 7.35.